The molecule has 1 N–H and O–H groups in total. The number of thiazole rings is 1. The molecule has 1 aromatic heterocycles. The molecule has 6 heteroatoms. The molecule has 1 aliphatic carbocycles. The van der Waals surface area contributed by atoms with Crippen LogP contribution in [0.4, 0.5) is 13.2 Å². The van der Waals surface area contributed by atoms with Crippen molar-refractivity contribution in [3.8, 4) is 0 Å². The van der Waals surface area contributed by atoms with Gasteiger partial charge in [0.15, 0.2) is 5.01 Å². The Labute approximate surface area is 88.8 Å². The van der Waals surface area contributed by atoms with E-state index in [0.29, 0.717) is 28.6 Å². The van der Waals surface area contributed by atoms with Crippen molar-refractivity contribution in [3.05, 3.63) is 16.1 Å². The van der Waals surface area contributed by atoms with Gasteiger partial charge >= 0.3 is 6.18 Å². The van der Waals surface area contributed by atoms with E-state index in [4.69, 9.17) is 0 Å². The zero-order chi connectivity index (χ0) is 11.1. The summed E-state index contributed by atoms with van der Waals surface area (Å²) in [6.07, 6.45) is -1.36. The van der Waals surface area contributed by atoms with Gasteiger partial charge in [0.2, 0.25) is 0 Å². The molecule has 2 nitrogen and oxygen atoms in total. The Balaban J connectivity index is 2.05. The van der Waals surface area contributed by atoms with E-state index in [2.05, 4.69) is 4.98 Å². The van der Waals surface area contributed by atoms with Gasteiger partial charge in [-0.15, -0.1) is 11.3 Å². The predicted molar refractivity (Wildman–Crippen MR) is 49.4 cm³/mol. The average Bonchev–Trinajstić information content (AvgIpc) is 2.80. The quantitative estimate of drug-likeness (QED) is 0.876. The molecule has 1 atom stereocenters. The van der Waals surface area contributed by atoms with Gasteiger partial charge in [-0.3, -0.25) is 0 Å². The van der Waals surface area contributed by atoms with Gasteiger partial charge in [-0.25, -0.2) is 4.98 Å². The molecule has 0 radical (unpaired) electrons. The van der Waals surface area contributed by atoms with Crippen molar-refractivity contribution in [2.45, 2.75) is 31.5 Å². The van der Waals surface area contributed by atoms with Gasteiger partial charge in [0.25, 0.3) is 0 Å². The smallest absolute Gasteiger partial charge is 0.388 e. The standard InChI is InChI=1S/C9H10F3NOS/c10-9(11,12)8-13-4-7(15-8)6(14)3-5-1-2-5/h4-6,14H,1-3H2. The largest absolute Gasteiger partial charge is 0.443 e. The van der Waals surface area contributed by atoms with Crippen molar-refractivity contribution in [1.82, 2.24) is 4.98 Å². The van der Waals surface area contributed by atoms with Crippen LogP contribution in [0.2, 0.25) is 0 Å². The highest BCUT2D eigenvalue weighted by Gasteiger charge is 2.35. The number of aliphatic hydroxyl groups is 1. The summed E-state index contributed by atoms with van der Waals surface area (Å²) in [7, 11) is 0. The Morgan fingerprint density at radius 3 is 2.67 bits per heavy atom. The molecule has 1 aliphatic rings. The minimum atomic E-state index is -4.40. The lowest BCUT2D eigenvalue weighted by atomic mass is 10.1. The Bertz CT molecular complexity index is 345. The van der Waals surface area contributed by atoms with Crippen molar-refractivity contribution < 1.29 is 18.3 Å². The minimum absolute atomic E-state index is 0.314. The Kier molecular flexibility index (Phi) is 2.72. The third-order valence-corrected chi connectivity index (χ3v) is 3.49. The molecule has 1 heterocycles. The summed E-state index contributed by atoms with van der Waals surface area (Å²) >= 11 is 0.532. The Morgan fingerprint density at radius 2 is 2.20 bits per heavy atom. The summed E-state index contributed by atoms with van der Waals surface area (Å²) in [6.45, 7) is 0. The third kappa shape index (κ3) is 2.69. The molecule has 1 saturated carbocycles. The fraction of sp³-hybridized carbons (Fsp3) is 0.667. The number of aliphatic hydroxyl groups excluding tert-OH is 1. The Hall–Kier alpha value is -0.620. The summed E-state index contributed by atoms with van der Waals surface area (Å²) in [6, 6.07) is 0. The molecule has 1 fully saturated rings. The van der Waals surface area contributed by atoms with Crippen LogP contribution in [0.15, 0.2) is 6.20 Å². The van der Waals surface area contributed by atoms with E-state index >= 15 is 0 Å². The molecule has 1 aromatic rings. The minimum Gasteiger partial charge on any atom is -0.388 e. The zero-order valence-corrected chi connectivity index (χ0v) is 8.61. The van der Waals surface area contributed by atoms with E-state index in [1.807, 2.05) is 0 Å². The summed E-state index contributed by atoms with van der Waals surface area (Å²) in [5.74, 6) is 0.483. The topological polar surface area (TPSA) is 33.1 Å². The second-order valence-electron chi connectivity index (χ2n) is 3.76. The van der Waals surface area contributed by atoms with Crippen LogP contribution in [0.25, 0.3) is 0 Å². The molecule has 15 heavy (non-hydrogen) atoms. The van der Waals surface area contributed by atoms with Crippen LogP contribution in [-0.2, 0) is 6.18 Å². The molecule has 84 valence electrons. The van der Waals surface area contributed by atoms with E-state index in [9.17, 15) is 18.3 Å². The average molecular weight is 237 g/mol. The van der Waals surface area contributed by atoms with E-state index in [0.717, 1.165) is 19.0 Å². The highest BCUT2D eigenvalue weighted by atomic mass is 32.1. The SMILES string of the molecule is OC(CC1CC1)c1cnc(C(F)(F)F)s1. The number of hydrogen-bond acceptors (Lipinski definition) is 3. The number of halogens is 3. The molecule has 0 spiro atoms. The molecule has 1 unspecified atom stereocenters. The van der Waals surface area contributed by atoms with Crippen LogP contribution >= 0.6 is 11.3 Å². The fourth-order valence-corrected chi connectivity index (χ4v) is 2.14. The van der Waals surface area contributed by atoms with Crippen LogP contribution in [0.1, 0.15) is 35.3 Å². The first-order valence-corrected chi connectivity index (χ1v) is 5.49. The van der Waals surface area contributed by atoms with E-state index in [-0.39, 0.29) is 0 Å². The van der Waals surface area contributed by atoms with Crippen LogP contribution in [0.3, 0.4) is 0 Å². The number of aromatic nitrogens is 1. The van der Waals surface area contributed by atoms with Crippen molar-refractivity contribution in [2.75, 3.05) is 0 Å². The van der Waals surface area contributed by atoms with Crippen molar-refractivity contribution >= 4 is 11.3 Å². The molecular weight excluding hydrogens is 227 g/mol. The van der Waals surface area contributed by atoms with Gasteiger partial charge in [-0.2, -0.15) is 13.2 Å². The highest BCUT2D eigenvalue weighted by Crippen LogP contribution is 2.40. The summed E-state index contributed by atoms with van der Waals surface area (Å²) in [5.41, 5.74) is 0. The van der Waals surface area contributed by atoms with Crippen molar-refractivity contribution in [2.24, 2.45) is 5.92 Å². The van der Waals surface area contributed by atoms with Crippen LogP contribution in [0.5, 0.6) is 0 Å². The second-order valence-corrected chi connectivity index (χ2v) is 4.82. The maximum atomic E-state index is 12.2. The molecule has 2 rings (SSSR count). The van der Waals surface area contributed by atoms with Crippen molar-refractivity contribution in [3.63, 3.8) is 0 Å². The van der Waals surface area contributed by atoms with Gasteiger partial charge < -0.3 is 5.11 Å². The first kappa shape index (κ1) is 10.9. The maximum Gasteiger partial charge on any atom is 0.443 e. The summed E-state index contributed by atoms with van der Waals surface area (Å²) < 4.78 is 36.6. The molecule has 0 aliphatic heterocycles. The number of hydrogen-bond donors (Lipinski definition) is 1. The first-order valence-electron chi connectivity index (χ1n) is 4.68. The fourth-order valence-electron chi connectivity index (χ4n) is 1.36. The van der Waals surface area contributed by atoms with Gasteiger partial charge in [-0.1, -0.05) is 12.8 Å². The van der Waals surface area contributed by atoms with Gasteiger partial charge in [0.05, 0.1) is 11.0 Å². The van der Waals surface area contributed by atoms with E-state index in [1.165, 1.54) is 0 Å². The maximum absolute atomic E-state index is 12.2. The van der Waals surface area contributed by atoms with Crippen LogP contribution in [0, 0.1) is 5.92 Å². The normalized spacial score (nSPS) is 19.2. The monoisotopic (exact) mass is 237 g/mol. The molecule has 0 aromatic carbocycles. The van der Waals surface area contributed by atoms with Crippen LogP contribution in [-0.4, -0.2) is 10.1 Å². The van der Waals surface area contributed by atoms with Gasteiger partial charge in [0, 0.05) is 6.20 Å². The lowest BCUT2D eigenvalue weighted by Gasteiger charge is -2.05. The van der Waals surface area contributed by atoms with Crippen molar-refractivity contribution in [1.29, 1.82) is 0 Å². The number of rotatable bonds is 3. The van der Waals surface area contributed by atoms with Gasteiger partial charge in [-0.05, 0) is 12.3 Å². The Morgan fingerprint density at radius 1 is 1.53 bits per heavy atom. The third-order valence-electron chi connectivity index (χ3n) is 2.35. The second kappa shape index (κ2) is 3.75. The van der Waals surface area contributed by atoms with Gasteiger partial charge in [0.1, 0.15) is 0 Å². The molecular formula is C9H10F3NOS. The first-order chi connectivity index (χ1) is 6.97. The molecule has 0 bridgehead atoms. The highest BCUT2D eigenvalue weighted by molar-refractivity contribution is 7.11. The molecule has 0 saturated heterocycles. The van der Waals surface area contributed by atoms with E-state index < -0.39 is 17.3 Å². The molecule has 0 amide bonds. The van der Waals surface area contributed by atoms with Crippen LogP contribution < -0.4 is 0 Å². The lowest BCUT2D eigenvalue weighted by Crippen LogP contribution is -2.03. The zero-order valence-electron chi connectivity index (χ0n) is 7.79. The number of nitrogens with zero attached hydrogens (tertiary/aromatic N) is 1. The lowest BCUT2D eigenvalue weighted by molar-refractivity contribution is -0.137. The summed E-state index contributed by atoms with van der Waals surface area (Å²) in [5, 5.41) is 8.73. The number of alkyl halides is 3. The van der Waals surface area contributed by atoms with E-state index in [1.54, 1.807) is 0 Å². The predicted octanol–water partition coefficient (Wildman–Crippen LogP) is 3.00. The summed E-state index contributed by atoms with van der Waals surface area (Å²) in [4.78, 5) is 3.58.